The number of piperidine rings is 1. The summed E-state index contributed by atoms with van der Waals surface area (Å²) in [4.78, 5) is 42.5. The molecule has 1 aliphatic carbocycles. The predicted molar refractivity (Wildman–Crippen MR) is 130 cm³/mol. The van der Waals surface area contributed by atoms with Crippen LogP contribution in [0.15, 0.2) is 18.2 Å². The number of rotatable bonds is 9. The zero-order valence-corrected chi connectivity index (χ0v) is 20.8. The summed E-state index contributed by atoms with van der Waals surface area (Å²) in [6, 6.07) is 5.88. The quantitative estimate of drug-likeness (QED) is 0.557. The van der Waals surface area contributed by atoms with Gasteiger partial charge < -0.3 is 24.6 Å². The van der Waals surface area contributed by atoms with Gasteiger partial charge >= 0.3 is 0 Å². The normalized spacial score (nSPS) is 23.8. The molecule has 2 amide bonds. The van der Waals surface area contributed by atoms with Gasteiger partial charge in [0, 0.05) is 51.0 Å². The standard InChI is InChI=1S/C26H37N3O5/c1-17(30)18-13-19(16-27-15-18)24(31)29(20-7-8-20)21-9-10-23-22(14-21)28(11-5-6-12-33-4)25(32)26(2,3)34-23/h9-10,14,18-20,27H,5-8,11-13,15-16H2,1-4H3. The number of ether oxygens (including phenoxy) is 2. The van der Waals surface area contributed by atoms with Gasteiger partial charge in [0.05, 0.1) is 11.6 Å². The van der Waals surface area contributed by atoms with Crippen LogP contribution in [0.2, 0.25) is 0 Å². The van der Waals surface area contributed by atoms with E-state index in [0.717, 1.165) is 31.4 Å². The molecule has 1 saturated heterocycles. The third-order valence-corrected chi connectivity index (χ3v) is 7.04. The molecule has 8 heteroatoms. The molecule has 2 fully saturated rings. The van der Waals surface area contributed by atoms with Crippen LogP contribution in [0.25, 0.3) is 0 Å². The number of ketones is 1. The van der Waals surface area contributed by atoms with Gasteiger partial charge in [0.1, 0.15) is 11.5 Å². The Balaban J connectivity index is 1.61. The van der Waals surface area contributed by atoms with E-state index in [9.17, 15) is 14.4 Å². The molecular weight excluding hydrogens is 434 g/mol. The van der Waals surface area contributed by atoms with Gasteiger partial charge in [0.15, 0.2) is 5.60 Å². The first kappa shape index (κ1) is 24.7. The Hall–Kier alpha value is -2.45. The van der Waals surface area contributed by atoms with Crippen LogP contribution in [-0.4, -0.2) is 62.6 Å². The number of fused-ring (bicyclic) bond motifs is 1. The number of nitrogens with one attached hydrogen (secondary N) is 1. The number of hydrogen-bond donors (Lipinski definition) is 1. The lowest BCUT2D eigenvalue weighted by Gasteiger charge is -2.40. The lowest BCUT2D eigenvalue weighted by molar-refractivity contribution is -0.132. The number of benzene rings is 1. The topological polar surface area (TPSA) is 88.2 Å². The van der Waals surface area contributed by atoms with Crippen molar-refractivity contribution in [3.63, 3.8) is 0 Å². The molecule has 0 spiro atoms. The summed E-state index contributed by atoms with van der Waals surface area (Å²) >= 11 is 0. The van der Waals surface area contributed by atoms with Gasteiger partial charge in [0.25, 0.3) is 5.91 Å². The highest BCUT2D eigenvalue weighted by Gasteiger charge is 2.43. The van der Waals surface area contributed by atoms with Crippen molar-refractivity contribution in [3.05, 3.63) is 18.2 Å². The van der Waals surface area contributed by atoms with E-state index in [-0.39, 0.29) is 35.5 Å². The van der Waals surface area contributed by atoms with Crippen LogP contribution in [0, 0.1) is 11.8 Å². The van der Waals surface area contributed by atoms with Gasteiger partial charge in [-0.25, -0.2) is 0 Å². The van der Waals surface area contributed by atoms with E-state index in [4.69, 9.17) is 9.47 Å². The molecule has 34 heavy (non-hydrogen) atoms. The number of Topliss-reactive ketones (excluding diaryl/α,β-unsaturated/α-hetero) is 1. The number of nitrogens with zero attached hydrogens (tertiary/aromatic N) is 2. The van der Waals surface area contributed by atoms with Crippen molar-refractivity contribution < 1.29 is 23.9 Å². The molecule has 1 saturated carbocycles. The highest BCUT2D eigenvalue weighted by atomic mass is 16.5. The molecular formula is C26H37N3O5. The monoisotopic (exact) mass is 471 g/mol. The lowest BCUT2D eigenvalue weighted by Crippen LogP contribution is -2.53. The minimum Gasteiger partial charge on any atom is -0.476 e. The molecule has 0 radical (unpaired) electrons. The smallest absolute Gasteiger partial charge is 0.270 e. The van der Waals surface area contributed by atoms with E-state index in [1.807, 2.05) is 23.1 Å². The number of carbonyl (C=O) groups is 3. The van der Waals surface area contributed by atoms with Gasteiger partial charge in [0.2, 0.25) is 5.91 Å². The number of anilines is 2. The Morgan fingerprint density at radius 1 is 1.21 bits per heavy atom. The summed E-state index contributed by atoms with van der Waals surface area (Å²) in [5, 5.41) is 3.27. The van der Waals surface area contributed by atoms with Gasteiger partial charge in [-0.3, -0.25) is 14.4 Å². The first-order valence-corrected chi connectivity index (χ1v) is 12.4. The molecule has 3 aliphatic rings. The molecule has 2 atom stereocenters. The first-order chi connectivity index (χ1) is 16.2. The Morgan fingerprint density at radius 2 is 1.94 bits per heavy atom. The number of carbonyl (C=O) groups excluding carboxylic acids is 3. The zero-order valence-electron chi connectivity index (χ0n) is 20.8. The molecule has 2 heterocycles. The second-order valence-electron chi connectivity index (χ2n) is 10.3. The summed E-state index contributed by atoms with van der Waals surface area (Å²) in [5.41, 5.74) is 0.548. The fraction of sp³-hybridized carbons (Fsp3) is 0.654. The van der Waals surface area contributed by atoms with Gasteiger partial charge in [-0.2, -0.15) is 0 Å². The van der Waals surface area contributed by atoms with Crippen molar-refractivity contribution in [3.8, 4) is 5.75 Å². The Bertz CT molecular complexity index is 942. The molecule has 1 aromatic carbocycles. The van der Waals surface area contributed by atoms with Crippen molar-refractivity contribution in [2.75, 3.05) is 43.2 Å². The molecule has 8 nitrogen and oxygen atoms in total. The summed E-state index contributed by atoms with van der Waals surface area (Å²) < 4.78 is 11.2. The molecule has 2 unspecified atom stereocenters. The van der Waals surface area contributed by atoms with Crippen molar-refractivity contribution in [2.45, 2.75) is 64.5 Å². The maximum atomic E-state index is 13.7. The summed E-state index contributed by atoms with van der Waals surface area (Å²) in [7, 11) is 1.68. The van der Waals surface area contributed by atoms with Crippen LogP contribution in [0.4, 0.5) is 11.4 Å². The average molecular weight is 472 g/mol. The molecule has 186 valence electrons. The Labute approximate surface area is 201 Å². The van der Waals surface area contributed by atoms with Crippen LogP contribution in [-0.2, 0) is 19.1 Å². The largest absolute Gasteiger partial charge is 0.476 e. The zero-order chi connectivity index (χ0) is 24.5. The first-order valence-electron chi connectivity index (χ1n) is 12.4. The van der Waals surface area contributed by atoms with Crippen molar-refractivity contribution in [2.24, 2.45) is 11.8 Å². The van der Waals surface area contributed by atoms with E-state index in [1.54, 1.807) is 32.8 Å². The minimum atomic E-state index is -0.947. The summed E-state index contributed by atoms with van der Waals surface area (Å²) in [5.74, 6) is 0.387. The maximum absolute atomic E-state index is 13.7. The SMILES string of the molecule is COCCCCN1C(=O)C(C)(C)Oc2ccc(N(C(=O)C3CNCC(C(C)=O)C3)C3CC3)cc21. The Kier molecular flexibility index (Phi) is 7.28. The third kappa shape index (κ3) is 5.13. The summed E-state index contributed by atoms with van der Waals surface area (Å²) in [6.45, 7) is 7.60. The van der Waals surface area contributed by atoms with Gasteiger partial charge in [-0.1, -0.05) is 0 Å². The predicted octanol–water partition coefficient (Wildman–Crippen LogP) is 2.93. The Morgan fingerprint density at radius 3 is 2.62 bits per heavy atom. The number of amides is 2. The molecule has 2 aliphatic heterocycles. The molecule has 1 aromatic rings. The van der Waals surface area contributed by atoms with Crippen LogP contribution in [0.3, 0.4) is 0 Å². The maximum Gasteiger partial charge on any atom is 0.270 e. The third-order valence-electron chi connectivity index (χ3n) is 7.04. The molecule has 4 rings (SSSR count). The highest BCUT2D eigenvalue weighted by Crippen LogP contribution is 2.43. The summed E-state index contributed by atoms with van der Waals surface area (Å²) in [6.07, 6.45) is 4.17. The fourth-order valence-corrected chi connectivity index (χ4v) is 4.93. The second-order valence-corrected chi connectivity index (χ2v) is 10.3. The van der Waals surface area contributed by atoms with Crippen molar-refractivity contribution in [1.82, 2.24) is 5.32 Å². The van der Waals surface area contributed by atoms with Gasteiger partial charge in [-0.15, -0.1) is 0 Å². The van der Waals surface area contributed by atoms with Crippen LogP contribution in [0.1, 0.15) is 52.9 Å². The van der Waals surface area contributed by atoms with E-state index >= 15 is 0 Å². The minimum absolute atomic E-state index is 0.0518. The van der Waals surface area contributed by atoms with Gasteiger partial charge in [-0.05, 0) is 71.1 Å². The number of hydrogen-bond acceptors (Lipinski definition) is 6. The average Bonchev–Trinajstić information content (AvgIpc) is 3.64. The second kappa shape index (κ2) is 10.0. The molecule has 0 aromatic heterocycles. The van der Waals surface area contributed by atoms with Crippen LogP contribution < -0.4 is 19.9 Å². The van der Waals surface area contributed by atoms with E-state index < -0.39 is 5.60 Å². The van der Waals surface area contributed by atoms with E-state index in [1.165, 1.54) is 0 Å². The number of methoxy groups -OCH3 is 1. The lowest BCUT2D eigenvalue weighted by atomic mass is 9.87. The van der Waals surface area contributed by atoms with E-state index in [2.05, 4.69) is 5.32 Å². The number of unbranched alkanes of at least 4 members (excludes halogenated alkanes) is 1. The van der Waals surface area contributed by atoms with Crippen molar-refractivity contribution >= 4 is 29.0 Å². The molecule has 0 bridgehead atoms. The molecule has 1 N–H and O–H groups in total. The van der Waals surface area contributed by atoms with Crippen LogP contribution >= 0.6 is 0 Å². The van der Waals surface area contributed by atoms with Crippen molar-refractivity contribution in [1.29, 1.82) is 0 Å². The van der Waals surface area contributed by atoms with E-state index in [0.29, 0.717) is 44.1 Å². The van der Waals surface area contributed by atoms with Crippen LogP contribution in [0.5, 0.6) is 5.75 Å². The highest BCUT2D eigenvalue weighted by molar-refractivity contribution is 6.04. The fourth-order valence-electron chi connectivity index (χ4n) is 4.93.